The average molecular weight is 174 g/mol. The van der Waals surface area contributed by atoms with Gasteiger partial charge in [-0.1, -0.05) is 6.07 Å². The zero-order valence-electron chi connectivity index (χ0n) is 6.42. The van der Waals surface area contributed by atoms with Crippen molar-refractivity contribution in [2.45, 2.75) is 13.2 Å². The molecule has 1 atom stereocenters. The van der Waals surface area contributed by atoms with Crippen LogP contribution in [0, 0.1) is 11.6 Å². The molecule has 0 aliphatic rings. The van der Waals surface area contributed by atoms with Crippen LogP contribution in [0.25, 0.3) is 0 Å². The Bertz CT molecular complexity index is 274. The van der Waals surface area contributed by atoms with Crippen molar-refractivity contribution in [1.29, 1.82) is 0 Å². The summed E-state index contributed by atoms with van der Waals surface area (Å²) in [6.07, 6.45) is -1.15. The number of ether oxygens (including phenoxy) is 1. The maximum absolute atomic E-state index is 12.8. The fourth-order valence-electron chi connectivity index (χ4n) is 0.759. The van der Waals surface area contributed by atoms with Gasteiger partial charge >= 0.3 is 0 Å². The summed E-state index contributed by atoms with van der Waals surface area (Å²) in [6.45, 7) is 1.31. The Balaban J connectivity index is 2.92. The zero-order chi connectivity index (χ0) is 9.14. The molecule has 0 saturated carbocycles. The smallest absolute Gasteiger partial charge is 0.200 e. The largest absolute Gasteiger partial charge is 0.462 e. The van der Waals surface area contributed by atoms with Gasteiger partial charge in [-0.2, -0.15) is 4.39 Å². The quantitative estimate of drug-likeness (QED) is 0.691. The number of halogens is 2. The fraction of sp³-hybridized carbons (Fsp3) is 0.250. The minimum Gasteiger partial charge on any atom is -0.462 e. The highest BCUT2D eigenvalue weighted by Gasteiger charge is 2.09. The molecular weight excluding hydrogens is 166 g/mol. The third kappa shape index (κ3) is 1.92. The first-order chi connectivity index (χ1) is 5.61. The van der Waals surface area contributed by atoms with Crippen molar-refractivity contribution in [1.82, 2.24) is 0 Å². The summed E-state index contributed by atoms with van der Waals surface area (Å²) >= 11 is 0. The van der Waals surface area contributed by atoms with Gasteiger partial charge in [0.1, 0.15) is 0 Å². The molecular formula is C8H8F2O2. The summed E-state index contributed by atoms with van der Waals surface area (Å²) < 4.78 is 29.8. The minimum absolute atomic E-state index is 0.287. The van der Waals surface area contributed by atoms with E-state index in [0.29, 0.717) is 0 Å². The van der Waals surface area contributed by atoms with Gasteiger partial charge in [-0.15, -0.1) is 0 Å². The molecule has 12 heavy (non-hydrogen) atoms. The lowest BCUT2D eigenvalue weighted by molar-refractivity contribution is -0.00351. The van der Waals surface area contributed by atoms with E-state index in [2.05, 4.69) is 4.74 Å². The SMILES string of the molecule is CC(O)Oc1cccc(F)c1F. The van der Waals surface area contributed by atoms with Crippen LogP contribution in [0.4, 0.5) is 8.78 Å². The van der Waals surface area contributed by atoms with E-state index in [4.69, 9.17) is 5.11 Å². The molecule has 0 heterocycles. The van der Waals surface area contributed by atoms with Gasteiger partial charge in [0.25, 0.3) is 0 Å². The fourth-order valence-corrected chi connectivity index (χ4v) is 0.759. The summed E-state index contributed by atoms with van der Waals surface area (Å²) in [6, 6.07) is 3.52. The Morgan fingerprint density at radius 1 is 1.42 bits per heavy atom. The lowest BCUT2D eigenvalue weighted by atomic mass is 10.3. The van der Waals surface area contributed by atoms with Crippen molar-refractivity contribution in [2.24, 2.45) is 0 Å². The Labute approximate surface area is 68.4 Å². The topological polar surface area (TPSA) is 29.5 Å². The first-order valence-corrected chi connectivity index (χ1v) is 3.40. The molecule has 0 fully saturated rings. The molecule has 0 amide bonds. The highest BCUT2D eigenvalue weighted by molar-refractivity contribution is 5.24. The van der Waals surface area contributed by atoms with E-state index >= 15 is 0 Å². The van der Waals surface area contributed by atoms with Crippen LogP contribution in [-0.4, -0.2) is 11.4 Å². The first kappa shape index (κ1) is 8.93. The van der Waals surface area contributed by atoms with Crippen molar-refractivity contribution in [3.05, 3.63) is 29.8 Å². The maximum atomic E-state index is 12.8. The van der Waals surface area contributed by atoms with Crippen molar-refractivity contribution in [2.75, 3.05) is 0 Å². The molecule has 1 aromatic rings. The van der Waals surface area contributed by atoms with E-state index in [9.17, 15) is 8.78 Å². The Kier molecular flexibility index (Phi) is 2.60. The van der Waals surface area contributed by atoms with Crippen LogP contribution in [0.15, 0.2) is 18.2 Å². The van der Waals surface area contributed by atoms with Gasteiger partial charge in [0.2, 0.25) is 5.82 Å². The first-order valence-electron chi connectivity index (χ1n) is 3.40. The van der Waals surface area contributed by atoms with Crippen molar-refractivity contribution in [3.63, 3.8) is 0 Å². The molecule has 0 aliphatic heterocycles. The summed E-state index contributed by atoms with van der Waals surface area (Å²) in [5, 5.41) is 8.71. The molecule has 0 spiro atoms. The number of rotatable bonds is 2. The molecule has 0 aliphatic carbocycles. The minimum atomic E-state index is -1.15. The van der Waals surface area contributed by atoms with E-state index in [1.54, 1.807) is 0 Å². The van der Waals surface area contributed by atoms with Gasteiger partial charge in [-0.05, 0) is 19.1 Å². The van der Waals surface area contributed by atoms with E-state index in [-0.39, 0.29) is 5.75 Å². The number of aliphatic hydroxyl groups excluding tert-OH is 1. The number of hydrogen-bond acceptors (Lipinski definition) is 2. The molecule has 0 saturated heterocycles. The van der Waals surface area contributed by atoms with Crippen molar-refractivity contribution >= 4 is 0 Å². The summed E-state index contributed by atoms with van der Waals surface area (Å²) in [4.78, 5) is 0. The van der Waals surface area contributed by atoms with Crippen LogP contribution in [0.3, 0.4) is 0 Å². The molecule has 1 aromatic carbocycles. The van der Waals surface area contributed by atoms with Crippen molar-refractivity contribution < 1.29 is 18.6 Å². The Morgan fingerprint density at radius 2 is 2.08 bits per heavy atom. The van der Waals surface area contributed by atoms with Crippen LogP contribution in [0.1, 0.15) is 6.92 Å². The molecule has 1 rings (SSSR count). The molecule has 0 radical (unpaired) electrons. The third-order valence-electron chi connectivity index (χ3n) is 1.21. The van der Waals surface area contributed by atoms with E-state index < -0.39 is 17.9 Å². The number of hydrogen-bond donors (Lipinski definition) is 1. The van der Waals surface area contributed by atoms with E-state index in [1.165, 1.54) is 19.1 Å². The molecule has 0 aromatic heterocycles. The van der Waals surface area contributed by atoms with Gasteiger partial charge in [0, 0.05) is 0 Å². The molecule has 2 nitrogen and oxygen atoms in total. The van der Waals surface area contributed by atoms with Crippen LogP contribution in [0.2, 0.25) is 0 Å². The lowest BCUT2D eigenvalue weighted by Gasteiger charge is -2.08. The standard InChI is InChI=1S/C8H8F2O2/c1-5(11)12-7-4-2-3-6(9)8(7)10/h2-5,11H,1H3. The highest BCUT2D eigenvalue weighted by atomic mass is 19.2. The third-order valence-corrected chi connectivity index (χ3v) is 1.21. The van der Waals surface area contributed by atoms with Gasteiger partial charge in [-0.25, -0.2) is 4.39 Å². The van der Waals surface area contributed by atoms with Crippen LogP contribution in [-0.2, 0) is 0 Å². The summed E-state index contributed by atoms with van der Waals surface area (Å²) in [7, 11) is 0. The van der Waals surface area contributed by atoms with Crippen LogP contribution >= 0.6 is 0 Å². The van der Waals surface area contributed by atoms with Gasteiger partial charge in [0.15, 0.2) is 17.9 Å². The Morgan fingerprint density at radius 3 is 2.67 bits per heavy atom. The average Bonchev–Trinajstić information content (AvgIpc) is 1.98. The monoisotopic (exact) mass is 174 g/mol. The predicted octanol–water partition coefficient (Wildman–Crippen LogP) is 1.68. The van der Waals surface area contributed by atoms with Gasteiger partial charge < -0.3 is 9.84 Å². The summed E-state index contributed by atoms with van der Waals surface area (Å²) in [5.74, 6) is -2.36. The Hall–Kier alpha value is -1.16. The number of benzene rings is 1. The molecule has 4 heteroatoms. The molecule has 1 N–H and O–H groups in total. The van der Waals surface area contributed by atoms with Gasteiger partial charge in [-0.3, -0.25) is 0 Å². The van der Waals surface area contributed by atoms with E-state index in [0.717, 1.165) is 6.07 Å². The zero-order valence-corrected chi connectivity index (χ0v) is 6.42. The maximum Gasteiger partial charge on any atom is 0.200 e. The molecule has 0 bridgehead atoms. The second kappa shape index (κ2) is 3.49. The summed E-state index contributed by atoms with van der Waals surface area (Å²) in [5.41, 5.74) is 0. The van der Waals surface area contributed by atoms with Crippen molar-refractivity contribution in [3.8, 4) is 5.75 Å². The lowest BCUT2D eigenvalue weighted by Crippen LogP contribution is -2.11. The highest BCUT2D eigenvalue weighted by Crippen LogP contribution is 2.19. The van der Waals surface area contributed by atoms with E-state index in [1.807, 2.05) is 0 Å². The van der Waals surface area contributed by atoms with Crippen LogP contribution in [0.5, 0.6) is 5.75 Å². The second-order valence-corrected chi connectivity index (χ2v) is 2.27. The van der Waals surface area contributed by atoms with Gasteiger partial charge in [0.05, 0.1) is 0 Å². The number of aliphatic hydroxyl groups is 1. The second-order valence-electron chi connectivity index (χ2n) is 2.27. The van der Waals surface area contributed by atoms with Crippen LogP contribution < -0.4 is 4.74 Å². The molecule has 66 valence electrons. The predicted molar refractivity (Wildman–Crippen MR) is 38.7 cm³/mol. The molecule has 1 unspecified atom stereocenters. The normalized spacial score (nSPS) is 12.7.